The van der Waals surface area contributed by atoms with Crippen molar-refractivity contribution in [3.8, 4) is 0 Å². The minimum Gasteiger partial charge on any atom is -0.272 e. The first-order valence-corrected chi connectivity index (χ1v) is 9.05. The van der Waals surface area contributed by atoms with E-state index < -0.39 is 8.07 Å². The van der Waals surface area contributed by atoms with E-state index in [2.05, 4.69) is 19.6 Å². The van der Waals surface area contributed by atoms with Crippen LogP contribution in [0.4, 0.5) is 0 Å². The van der Waals surface area contributed by atoms with Gasteiger partial charge in [0.1, 0.15) is 0 Å². The summed E-state index contributed by atoms with van der Waals surface area (Å²) in [4.78, 5) is 17.0. The van der Waals surface area contributed by atoms with Crippen LogP contribution in [-0.2, 0) is 9.63 Å². The summed E-state index contributed by atoms with van der Waals surface area (Å²) in [5.74, 6) is 0.308. The van der Waals surface area contributed by atoms with Crippen LogP contribution >= 0.6 is 0 Å². The van der Waals surface area contributed by atoms with Gasteiger partial charge in [-0.25, -0.2) is 5.06 Å². The molecule has 4 heteroatoms. The molecule has 1 aliphatic heterocycles. The molecule has 0 aromatic carbocycles. The van der Waals surface area contributed by atoms with E-state index in [0.29, 0.717) is 6.61 Å². The maximum atomic E-state index is 11.5. The first-order valence-electron chi connectivity index (χ1n) is 5.34. The summed E-state index contributed by atoms with van der Waals surface area (Å²) in [6.45, 7) is 10.4. The first-order chi connectivity index (χ1) is 6.40. The average molecular weight is 215 g/mol. The molecule has 14 heavy (non-hydrogen) atoms. The van der Waals surface area contributed by atoms with Crippen LogP contribution in [0.5, 0.6) is 0 Å². The smallest absolute Gasteiger partial charge is 0.249 e. The van der Waals surface area contributed by atoms with E-state index in [1.54, 1.807) is 5.06 Å². The number of hydroxylamine groups is 2. The standard InChI is InChI=1S/C10H21NO2Si/c1-9-5-6-11(10(9)12)13-7-8-14(2,3)4/h9H,5-8H2,1-4H3. The highest BCUT2D eigenvalue weighted by atomic mass is 28.3. The van der Waals surface area contributed by atoms with Gasteiger partial charge in [-0.05, 0) is 12.5 Å². The highest BCUT2D eigenvalue weighted by Crippen LogP contribution is 2.18. The minimum absolute atomic E-state index is 0.153. The predicted octanol–water partition coefficient (Wildman–Crippen LogP) is 2.12. The molecule has 0 saturated carbocycles. The maximum absolute atomic E-state index is 11.5. The van der Waals surface area contributed by atoms with Crippen LogP contribution in [0.1, 0.15) is 13.3 Å². The topological polar surface area (TPSA) is 29.5 Å². The van der Waals surface area contributed by atoms with Crippen molar-refractivity contribution in [1.29, 1.82) is 0 Å². The quantitative estimate of drug-likeness (QED) is 0.672. The SMILES string of the molecule is CC1CCN(OCC[Si](C)(C)C)C1=O. The summed E-state index contributed by atoms with van der Waals surface area (Å²) in [6, 6.07) is 1.12. The fraction of sp³-hybridized carbons (Fsp3) is 0.900. The fourth-order valence-electron chi connectivity index (χ4n) is 1.38. The van der Waals surface area contributed by atoms with Crippen molar-refractivity contribution in [3.63, 3.8) is 0 Å². The Morgan fingerprint density at radius 2 is 2.14 bits per heavy atom. The highest BCUT2D eigenvalue weighted by Gasteiger charge is 2.29. The number of hydrogen-bond acceptors (Lipinski definition) is 2. The number of carbonyl (C=O) groups is 1. The summed E-state index contributed by atoms with van der Waals surface area (Å²) >= 11 is 0. The Morgan fingerprint density at radius 3 is 2.57 bits per heavy atom. The molecule has 1 fully saturated rings. The van der Waals surface area contributed by atoms with Crippen LogP contribution in [0.2, 0.25) is 25.7 Å². The van der Waals surface area contributed by atoms with Crippen molar-refractivity contribution in [2.75, 3.05) is 13.2 Å². The number of amides is 1. The lowest BCUT2D eigenvalue weighted by Gasteiger charge is -2.19. The molecular weight excluding hydrogens is 194 g/mol. The molecule has 0 aliphatic carbocycles. The molecule has 0 radical (unpaired) electrons. The average Bonchev–Trinajstić information content (AvgIpc) is 2.33. The third-order valence-corrected chi connectivity index (χ3v) is 4.24. The Bertz CT molecular complexity index is 213. The van der Waals surface area contributed by atoms with E-state index in [4.69, 9.17) is 4.84 Å². The minimum atomic E-state index is -1.03. The van der Waals surface area contributed by atoms with Gasteiger partial charge in [0.2, 0.25) is 5.91 Å². The summed E-state index contributed by atoms with van der Waals surface area (Å²) in [6.07, 6.45) is 0.936. The van der Waals surface area contributed by atoms with Gasteiger partial charge >= 0.3 is 0 Å². The molecule has 1 saturated heterocycles. The summed E-state index contributed by atoms with van der Waals surface area (Å²) in [7, 11) is -1.03. The van der Waals surface area contributed by atoms with Crippen molar-refractivity contribution in [2.45, 2.75) is 39.0 Å². The van der Waals surface area contributed by atoms with Gasteiger partial charge in [0.15, 0.2) is 0 Å². The highest BCUT2D eigenvalue weighted by molar-refractivity contribution is 6.76. The van der Waals surface area contributed by atoms with E-state index in [-0.39, 0.29) is 11.8 Å². The molecule has 0 aromatic heterocycles. The first kappa shape index (κ1) is 11.7. The molecule has 1 aliphatic rings. The van der Waals surface area contributed by atoms with E-state index in [9.17, 15) is 4.79 Å². The van der Waals surface area contributed by atoms with Crippen molar-refractivity contribution in [2.24, 2.45) is 5.92 Å². The molecule has 1 heterocycles. The lowest BCUT2D eigenvalue weighted by Crippen LogP contribution is -2.30. The zero-order valence-electron chi connectivity index (χ0n) is 9.67. The van der Waals surface area contributed by atoms with E-state index in [1.807, 2.05) is 6.92 Å². The van der Waals surface area contributed by atoms with Gasteiger partial charge in [-0.2, -0.15) is 0 Å². The second kappa shape index (κ2) is 4.44. The van der Waals surface area contributed by atoms with Crippen LogP contribution in [-0.4, -0.2) is 32.2 Å². The van der Waals surface area contributed by atoms with Crippen LogP contribution < -0.4 is 0 Å². The lowest BCUT2D eigenvalue weighted by molar-refractivity contribution is -0.177. The lowest BCUT2D eigenvalue weighted by atomic mass is 10.1. The van der Waals surface area contributed by atoms with Gasteiger partial charge in [-0.1, -0.05) is 26.6 Å². The Hall–Kier alpha value is -0.353. The largest absolute Gasteiger partial charge is 0.272 e. The van der Waals surface area contributed by atoms with Gasteiger partial charge in [-0.3, -0.25) is 9.63 Å². The molecular formula is C10H21NO2Si. The number of rotatable bonds is 4. The van der Waals surface area contributed by atoms with Crippen LogP contribution in [0.15, 0.2) is 0 Å². The zero-order valence-corrected chi connectivity index (χ0v) is 10.7. The predicted molar refractivity (Wildman–Crippen MR) is 59.6 cm³/mol. The molecule has 0 bridgehead atoms. The Balaban J connectivity index is 2.23. The summed E-state index contributed by atoms with van der Waals surface area (Å²) in [5.41, 5.74) is 0. The van der Waals surface area contributed by atoms with Crippen LogP contribution in [0.3, 0.4) is 0 Å². The Labute approximate surface area is 87.4 Å². The number of carbonyl (C=O) groups excluding carboxylic acids is 1. The number of nitrogens with zero attached hydrogens (tertiary/aromatic N) is 1. The molecule has 1 unspecified atom stereocenters. The second-order valence-electron chi connectivity index (χ2n) is 5.27. The fourth-order valence-corrected chi connectivity index (χ4v) is 2.08. The molecule has 0 aromatic rings. The molecule has 0 spiro atoms. The third kappa shape index (κ3) is 3.42. The zero-order chi connectivity index (χ0) is 10.8. The Kier molecular flexibility index (Phi) is 3.72. The molecule has 1 amide bonds. The normalized spacial score (nSPS) is 23.3. The summed E-state index contributed by atoms with van der Waals surface area (Å²) < 4.78 is 0. The third-order valence-electron chi connectivity index (χ3n) is 2.53. The Morgan fingerprint density at radius 1 is 1.50 bits per heavy atom. The molecule has 3 nitrogen and oxygen atoms in total. The van der Waals surface area contributed by atoms with Crippen LogP contribution in [0, 0.1) is 5.92 Å². The van der Waals surface area contributed by atoms with Crippen LogP contribution in [0.25, 0.3) is 0 Å². The van der Waals surface area contributed by atoms with Crippen molar-refractivity contribution in [3.05, 3.63) is 0 Å². The van der Waals surface area contributed by atoms with Gasteiger partial charge in [-0.15, -0.1) is 0 Å². The van der Waals surface area contributed by atoms with E-state index >= 15 is 0 Å². The van der Waals surface area contributed by atoms with E-state index in [1.165, 1.54) is 0 Å². The van der Waals surface area contributed by atoms with Gasteiger partial charge in [0.05, 0.1) is 6.61 Å². The molecule has 1 rings (SSSR count). The molecule has 1 atom stereocenters. The van der Waals surface area contributed by atoms with E-state index in [0.717, 1.165) is 19.0 Å². The van der Waals surface area contributed by atoms with Crippen molar-refractivity contribution < 1.29 is 9.63 Å². The van der Waals surface area contributed by atoms with Gasteiger partial charge in [0, 0.05) is 20.5 Å². The summed E-state index contributed by atoms with van der Waals surface area (Å²) in [5, 5.41) is 1.55. The second-order valence-corrected chi connectivity index (χ2v) is 10.9. The number of hydrogen-bond donors (Lipinski definition) is 0. The molecule has 0 N–H and O–H groups in total. The van der Waals surface area contributed by atoms with Gasteiger partial charge in [0.25, 0.3) is 0 Å². The maximum Gasteiger partial charge on any atom is 0.249 e. The molecule has 82 valence electrons. The monoisotopic (exact) mass is 215 g/mol. The van der Waals surface area contributed by atoms with Crippen molar-refractivity contribution >= 4 is 14.0 Å². The van der Waals surface area contributed by atoms with Gasteiger partial charge < -0.3 is 0 Å². The van der Waals surface area contributed by atoms with Crippen molar-refractivity contribution in [1.82, 2.24) is 5.06 Å².